The van der Waals surface area contributed by atoms with Gasteiger partial charge in [-0.2, -0.15) is 5.10 Å². The van der Waals surface area contributed by atoms with E-state index >= 15 is 0 Å². The van der Waals surface area contributed by atoms with E-state index in [9.17, 15) is 9.18 Å². The van der Waals surface area contributed by atoms with E-state index in [0.717, 1.165) is 0 Å². The molecule has 15 heavy (non-hydrogen) atoms. The van der Waals surface area contributed by atoms with Gasteiger partial charge in [0.25, 0.3) is 0 Å². The van der Waals surface area contributed by atoms with Gasteiger partial charge in [-0.15, -0.1) is 0 Å². The molecule has 1 heterocycles. The number of carbonyl (C=O) groups is 1. The van der Waals surface area contributed by atoms with Crippen LogP contribution in [0.4, 0.5) is 4.39 Å². The molecule has 0 saturated carbocycles. The van der Waals surface area contributed by atoms with Gasteiger partial charge in [-0.3, -0.25) is 0 Å². The van der Waals surface area contributed by atoms with Gasteiger partial charge >= 0.3 is 5.97 Å². The number of rotatable bonds is 2. The molecule has 0 aliphatic carbocycles. The lowest BCUT2D eigenvalue weighted by Gasteiger charge is -1.99. The van der Waals surface area contributed by atoms with Crippen molar-refractivity contribution in [2.24, 2.45) is 0 Å². The summed E-state index contributed by atoms with van der Waals surface area (Å²) in [6.45, 7) is 0. The van der Waals surface area contributed by atoms with Crippen LogP contribution in [0.25, 0.3) is 5.69 Å². The van der Waals surface area contributed by atoms with Gasteiger partial charge in [0.05, 0.1) is 5.69 Å². The zero-order valence-corrected chi connectivity index (χ0v) is 7.51. The van der Waals surface area contributed by atoms with Gasteiger partial charge in [-0.05, 0) is 18.2 Å². The molecule has 0 atom stereocenters. The summed E-state index contributed by atoms with van der Waals surface area (Å²) in [4.78, 5) is 10.6. The number of carboxylic acids is 1. The van der Waals surface area contributed by atoms with Gasteiger partial charge in [-0.1, -0.05) is 0 Å². The van der Waals surface area contributed by atoms with Gasteiger partial charge in [0, 0.05) is 18.3 Å². The van der Waals surface area contributed by atoms with Crippen molar-refractivity contribution in [2.75, 3.05) is 0 Å². The second-order valence-corrected chi connectivity index (χ2v) is 2.85. The first-order valence-electron chi connectivity index (χ1n) is 4.13. The van der Waals surface area contributed by atoms with E-state index in [1.54, 1.807) is 6.07 Å². The first kappa shape index (κ1) is 9.39. The van der Waals surface area contributed by atoms with Gasteiger partial charge in [-0.25, -0.2) is 13.9 Å². The van der Waals surface area contributed by atoms with E-state index in [1.807, 2.05) is 0 Å². The summed E-state index contributed by atoms with van der Waals surface area (Å²) in [6.07, 6.45) is 1.46. The van der Waals surface area contributed by atoms with Crippen molar-refractivity contribution >= 4 is 5.97 Å². The SMILES string of the molecule is O=C(O)c1ccn(-c2cc[c]c(F)c2)n1. The van der Waals surface area contributed by atoms with Crippen LogP contribution in [0.2, 0.25) is 0 Å². The fourth-order valence-corrected chi connectivity index (χ4v) is 1.15. The van der Waals surface area contributed by atoms with Crippen molar-refractivity contribution in [1.82, 2.24) is 9.78 Å². The number of hydrogen-bond donors (Lipinski definition) is 1. The summed E-state index contributed by atoms with van der Waals surface area (Å²) < 4.78 is 14.1. The molecule has 75 valence electrons. The maximum atomic E-state index is 12.8. The molecular weight excluding hydrogens is 199 g/mol. The van der Waals surface area contributed by atoms with E-state index in [0.29, 0.717) is 5.69 Å². The standard InChI is InChI=1S/C10H6FN2O2/c11-7-2-1-3-8(6-7)13-5-4-9(12-13)10(14)15/h1,3-6H,(H,14,15). The number of halogens is 1. The van der Waals surface area contributed by atoms with Gasteiger partial charge in [0.1, 0.15) is 5.82 Å². The molecule has 0 spiro atoms. The molecule has 1 radical (unpaired) electrons. The van der Waals surface area contributed by atoms with E-state index in [2.05, 4.69) is 11.2 Å². The molecule has 0 aliphatic rings. The molecule has 1 N–H and O–H groups in total. The Kier molecular flexibility index (Phi) is 2.21. The number of hydrogen-bond acceptors (Lipinski definition) is 2. The van der Waals surface area contributed by atoms with Crippen LogP contribution >= 0.6 is 0 Å². The van der Waals surface area contributed by atoms with E-state index in [4.69, 9.17) is 5.11 Å². The average molecular weight is 205 g/mol. The third-order valence-corrected chi connectivity index (χ3v) is 1.82. The van der Waals surface area contributed by atoms with Crippen LogP contribution < -0.4 is 0 Å². The third-order valence-electron chi connectivity index (χ3n) is 1.82. The van der Waals surface area contributed by atoms with Crippen LogP contribution in [0.15, 0.2) is 30.5 Å². The van der Waals surface area contributed by atoms with Crippen molar-refractivity contribution in [1.29, 1.82) is 0 Å². The van der Waals surface area contributed by atoms with E-state index in [1.165, 1.54) is 29.1 Å². The largest absolute Gasteiger partial charge is 0.476 e. The number of benzene rings is 1. The maximum absolute atomic E-state index is 12.8. The molecule has 0 unspecified atom stereocenters. The maximum Gasteiger partial charge on any atom is 0.356 e. The topological polar surface area (TPSA) is 55.1 Å². The number of carboxylic acid groups (broad SMARTS) is 1. The third kappa shape index (κ3) is 1.85. The summed E-state index contributed by atoms with van der Waals surface area (Å²) in [5, 5.41) is 12.4. The first-order valence-corrected chi connectivity index (χ1v) is 4.13. The highest BCUT2D eigenvalue weighted by molar-refractivity contribution is 5.85. The molecule has 0 bridgehead atoms. The van der Waals surface area contributed by atoms with Crippen molar-refractivity contribution < 1.29 is 14.3 Å². The Labute approximate surface area is 84.6 Å². The normalized spacial score (nSPS) is 10.2. The van der Waals surface area contributed by atoms with Gasteiger partial charge in [0.2, 0.25) is 0 Å². The number of aromatic nitrogens is 2. The number of aromatic carboxylic acids is 1. The predicted molar refractivity (Wildman–Crippen MR) is 49.3 cm³/mol. The molecule has 0 fully saturated rings. The van der Waals surface area contributed by atoms with Crippen LogP contribution in [0.3, 0.4) is 0 Å². The van der Waals surface area contributed by atoms with Crippen molar-refractivity contribution in [2.45, 2.75) is 0 Å². The minimum Gasteiger partial charge on any atom is -0.476 e. The second-order valence-electron chi connectivity index (χ2n) is 2.85. The lowest BCUT2D eigenvalue weighted by Crippen LogP contribution is -2.01. The smallest absolute Gasteiger partial charge is 0.356 e. The van der Waals surface area contributed by atoms with Crippen LogP contribution in [-0.2, 0) is 0 Å². The highest BCUT2D eigenvalue weighted by Gasteiger charge is 2.07. The molecule has 1 aromatic heterocycles. The summed E-state index contributed by atoms with van der Waals surface area (Å²) >= 11 is 0. The molecule has 1 aromatic carbocycles. The summed E-state index contributed by atoms with van der Waals surface area (Å²) in [5.41, 5.74) is 0.377. The Balaban J connectivity index is 2.41. The molecule has 2 rings (SSSR count). The monoisotopic (exact) mass is 205 g/mol. The molecular formula is C10H6FN2O2. The molecule has 4 nitrogen and oxygen atoms in total. The molecule has 0 aliphatic heterocycles. The zero-order valence-electron chi connectivity index (χ0n) is 7.51. The van der Waals surface area contributed by atoms with Crippen LogP contribution in [0.5, 0.6) is 0 Å². The number of nitrogens with zero attached hydrogens (tertiary/aromatic N) is 2. The van der Waals surface area contributed by atoms with Crippen LogP contribution in [-0.4, -0.2) is 20.9 Å². The van der Waals surface area contributed by atoms with Crippen molar-refractivity contribution in [3.05, 3.63) is 48.0 Å². The fourth-order valence-electron chi connectivity index (χ4n) is 1.15. The molecule has 5 heteroatoms. The van der Waals surface area contributed by atoms with Gasteiger partial charge in [0.15, 0.2) is 5.69 Å². The van der Waals surface area contributed by atoms with Crippen molar-refractivity contribution in [3.63, 3.8) is 0 Å². The Hall–Kier alpha value is -2.17. The quantitative estimate of drug-likeness (QED) is 0.808. The first-order chi connectivity index (χ1) is 7.16. The fraction of sp³-hybridized carbons (Fsp3) is 0. The van der Waals surface area contributed by atoms with Crippen LogP contribution in [0.1, 0.15) is 10.5 Å². The summed E-state index contributed by atoms with van der Waals surface area (Å²) in [5.74, 6) is -1.63. The predicted octanol–water partition coefficient (Wildman–Crippen LogP) is 1.51. The highest BCUT2D eigenvalue weighted by Crippen LogP contribution is 2.08. The van der Waals surface area contributed by atoms with Gasteiger partial charge < -0.3 is 5.11 Å². The molecule has 0 saturated heterocycles. The van der Waals surface area contributed by atoms with Crippen LogP contribution in [0, 0.1) is 11.9 Å². The zero-order chi connectivity index (χ0) is 10.8. The van der Waals surface area contributed by atoms with E-state index < -0.39 is 11.8 Å². The average Bonchev–Trinajstić information content (AvgIpc) is 2.66. The minimum atomic E-state index is -1.11. The van der Waals surface area contributed by atoms with Crippen molar-refractivity contribution in [3.8, 4) is 5.69 Å². The lowest BCUT2D eigenvalue weighted by molar-refractivity contribution is 0.0690. The highest BCUT2D eigenvalue weighted by atomic mass is 19.1. The minimum absolute atomic E-state index is 0.0803. The Morgan fingerprint density at radius 3 is 2.93 bits per heavy atom. The second kappa shape index (κ2) is 3.53. The summed E-state index contributed by atoms with van der Waals surface area (Å²) in [7, 11) is 0. The Morgan fingerprint density at radius 1 is 1.53 bits per heavy atom. The molecule has 0 amide bonds. The lowest BCUT2D eigenvalue weighted by atomic mass is 10.3. The Bertz CT molecular complexity index is 508. The Morgan fingerprint density at radius 2 is 2.33 bits per heavy atom. The van der Waals surface area contributed by atoms with E-state index in [-0.39, 0.29) is 5.69 Å². The summed E-state index contributed by atoms with van der Waals surface area (Å²) in [6, 6.07) is 7.91. The molecule has 2 aromatic rings.